The Hall–Kier alpha value is -6.84. The predicted octanol–water partition coefficient (Wildman–Crippen LogP) is 13.0. The summed E-state index contributed by atoms with van der Waals surface area (Å²) >= 11 is 0. The van der Waals surface area contributed by atoms with Crippen LogP contribution in [-0.2, 0) is 0 Å². The molecule has 0 saturated carbocycles. The van der Waals surface area contributed by atoms with E-state index in [9.17, 15) is 0 Å². The summed E-state index contributed by atoms with van der Waals surface area (Å²) < 4.78 is 7.11. The van der Waals surface area contributed by atoms with Crippen LogP contribution in [0, 0.1) is 0 Å². The fraction of sp³-hybridized carbons (Fsp3) is 0.0204. The van der Waals surface area contributed by atoms with Gasteiger partial charge in [-0.2, -0.15) is 0 Å². The average Bonchev–Trinajstić information content (AvgIpc) is 3.83. The first-order chi connectivity index (χ1) is 25.7. The highest BCUT2D eigenvalue weighted by atomic mass is 15.0. The van der Waals surface area contributed by atoms with Crippen LogP contribution in [0.5, 0.6) is 0 Å². The molecule has 0 radical (unpaired) electrons. The van der Waals surface area contributed by atoms with Crippen LogP contribution < -0.4 is 0 Å². The highest BCUT2D eigenvalue weighted by Gasteiger charge is 2.18. The van der Waals surface area contributed by atoms with Gasteiger partial charge in [0.15, 0.2) is 0 Å². The molecule has 0 aliphatic carbocycles. The Labute approximate surface area is 302 Å². The SMILES string of the molecule is C=Cc1c(/C=C(\C)c2ccc3c(c2)c2ccccc2n3-c2ccc3c(c2)c2ccccc2n3-c2ccccc2)c2ccccc2n1-c1ccccc1. The standard InChI is InChI=1S/C49H35N3/c1-3-44-41(38-20-10-13-23-45(38)50(44)35-16-6-4-7-17-35)30-33(2)34-26-28-48-42(31-34)39-21-11-15-25-47(39)52(48)37-27-29-49-43(32-37)40-22-12-14-24-46(40)51(49)36-18-8-5-9-19-36/h3-32H,1H2,2H3/b33-30+. The summed E-state index contributed by atoms with van der Waals surface area (Å²) in [5.41, 5.74) is 14.1. The summed E-state index contributed by atoms with van der Waals surface area (Å²) in [5.74, 6) is 0. The van der Waals surface area contributed by atoms with Crippen molar-refractivity contribution in [3.8, 4) is 17.1 Å². The molecular formula is C49H35N3. The molecule has 3 nitrogen and oxygen atoms in total. The molecule has 0 saturated heterocycles. The van der Waals surface area contributed by atoms with Crippen molar-refractivity contribution in [3.63, 3.8) is 0 Å². The summed E-state index contributed by atoms with van der Waals surface area (Å²) in [6, 6.07) is 61.2. The van der Waals surface area contributed by atoms with Gasteiger partial charge in [-0.15, -0.1) is 0 Å². The van der Waals surface area contributed by atoms with Crippen molar-refractivity contribution in [3.05, 3.63) is 193 Å². The zero-order valence-corrected chi connectivity index (χ0v) is 28.9. The van der Waals surface area contributed by atoms with Crippen LogP contribution in [0.25, 0.3) is 89.3 Å². The molecule has 0 atom stereocenters. The van der Waals surface area contributed by atoms with Gasteiger partial charge in [-0.3, -0.25) is 0 Å². The molecule has 246 valence electrons. The number of nitrogens with zero attached hydrogens (tertiary/aromatic N) is 3. The zero-order valence-electron chi connectivity index (χ0n) is 28.9. The van der Waals surface area contributed by atoms with Gasteiger partial charge < -0.3 is 13.7 Å². The van der Waals surface area contributed by atoms with Crippen molar-refractivity contribution in [1.82, 2.24) is 13.7 Å². The van der Waals surface area contributed by atoms with E-state index in [0.717, 1.165) is 17.1 Å². The van der Waals surface area contributed by atoms with E-state index in [2.05, 4.69) is 203 Å². The molecule has 3 aromatic heterocycles. The molecular weight excluding hydrogens is 631 g/mol. The van der Waals surface area contributed by atoms with Gasteiger partial charge in [0.05, 0.1) is 33.3 Å². The molecule has 10 aromatic rings. The average molecular weight is 666 g/mol. The zero-order chi connectivity index (χ0) is 34.8. The molecule has 0 unspecified atom stereocenters. The van der Waals surface area contributed by atoms with Gasteiger partial charge in [0, 0.05) is 49.6 Å². The Morgan fingerprint density at radius 3 is 1.50 bits per heavy atom. The van der Waals surface area contributed by atoms with Gasteiger partial charge in [-0.25, -0.2) is 0 Å². The van der Waals surface area contributed by atoms with E-state index in [0.29, 0.717) is 0 Å². The largest absolute Gasteiger partial charge is 0.309 e. The first kappa shape index (κ1) is 30.0. The number of rotatable bonds is 6. The molecule has 0 amide bonds. The third-order valence-corrected chi connectivity index (χ3v) is 10.6. The molecule has 10 rings (SSSR count). The van der Waals surface area contributed by atoms with Crippen molar-refractivity contribution in [1.29, 1.82) is 0 Å². The lowest BCUT2D eigenvalue weighted by Crippen LogP contribution is -1.96. The van der Waals surface area contributed by atoms with Crippen LogP contribution in [0.15, 0.2) is 176 Å². The van der Waals surface area contributed by atoms with Gasteiger partial charge in [0.1, 0.15) is 0 Å². The minimum atomic E-state index is 1.09. The van der Waals surface area contributed by atoms with Crippen LogP contribution in [0.4, 0.5) is 0 Å². The second-order valence-corrected chi connectivity index (χ2v) is 13.5. The van der Waals surface area contributed by atoms with Gasteiger partial charge in [0.25, 0.3) is 0 Å². The van der Waals surface area contributed by atoms with Crippen LogP contribution in [0.2, 0.25) is 0 Å². The number of aromatic nitrogens is 3. The van der Waals surface area contributed by atoms with Crippen LogP contribution in [0.3, 0.4) is 0 Å². The Morgan fingerprint density at radius 2 is 0.885 bits per heavy atom. The molecule has 3 heteroatoms. The van der Waals surface area contributed by atoms with Crippen molar-refractivity contribution in [2.24, 2.45) is 0 Å². The lowest BCUT2D eigenvalue weighted by Gasteiger charge is -2.11. The monoisotopic (exact) mass is 665 g/mol. The number of para-hydroxylation sites is 5. The molecule has 0 N–H and O–H groups in total. The van der Waals surface area contributed by atoms with E-state index in [1.807, 2.05) is 6.08 Å². The maximum Gasteiger partial charge on any atom is 0.0542 e. The molecule has 52 heavy (non-hydrogen) atoms. The van der Waals surface area contributed by atoms with Gasteiger partial charge in [-0.1, -0.05) is 104 Å². The maximum atomic E-state index is 4.26. The summed E-state index contributed by atoms with van der Waals surface area (Å²) in [7, 11) is 0. The van der Waals surface area contributed by atoms with Crippen molar-refractivity contribution >= 4 is 72.2 Å². The number of fused-ring (bicyclic) bond motifs is 7. The molecule has 0 bridgehead atoms. The first-order valence-corrected chi connectivity index (χ1v) is 17.8. The molecule has 3 heterocycles. The third-order valence-electron chi connectivity index (χ3n) is 10.6. The predicted molar refractivity (Wildman–Crippen MR) is 222 cm³/mol. The summed E-state index contributed by atoms with van der Waals surface area (Å²) in [6.45, 7) is 6.48. The summed E-state index contributed by atoms with van der Waals surface area (Å²) in [5, 5.41) is 6.18. The van der Waals surface area contributed by atoms with E-state index < -0.39 is 0 Å². The van der Waals surface area contributed by atoms with Crippen LogP contribution >= 0.6 is 0 Å². The number of hydrogen-bond acceptors (Lipinski definition) is 0. The minimum absolute atomic E-state index is 1.09. The lowest BCUT2D eigenvalue weighted by molar-refractivity contribution is 1.11. The minimum Gasteiger partial charge on any atom is -0.309 e. The fourth-order valence-electron chi connectivity index (χ4n) is 8.24. The van der Waals surface area contributed by atoms with Crippen molar-refractivity contribution in [2.75, 3.05) is 0 Å². The maximum absolute atomic E-state index is 4.26. The number of allylic oxidation sites excluding steroid dienone is 1. The molecule has 0 aliphatic rings. The molecule has 0 spiro atoms. The highest BCUT2D eigenvalue weighted by Crippen LogP contribution is 2.39. The number of benzene rings is 7. The Bertz CT molecular complexity index is 3020. The number of hydrogen-bond donors (Lipinski definition) is 0. The van der Waals surface area contributed by atoms with Gasteiger partial charge in [0.2, 0.25) is 0 Å². The third kappa shape index (κ3) is 4.53. The quantitative estimate of drug-likeness (QED) is 0.168. The van der Waals surface area contributed by atoms with Crippen LogP contribution in [-0.4, -0.2) is 13.7 Å². The Kier molecular flexibility index (Phi) is 6.87. The second-order valence-electron chi connectivity index (χ2n) is 13.5. The Balaban J connectivity index is 1.14. The van der Waals surface area contributed by atoms with Crippen molar-refractivity contribution in [2.45, 2.75) is 6.92 Å². The van der Waals surface area contributed by atoms with Crippen LogP contribution in [0.1, 0.15) is 23.7 Å². The van der Waals surface area contributed by atoms with E-state index in [4.69, 9.17) is 0 Å². The van der Waals surface area contributed by atoms with E-state index in [1.54, 1.807) is 0 Å². The topological polar surface area (TPSA) is 14.8 Å². The van der Waals surface area contributed by atoms with E-state index in [-0.39, 0.29) is 0 Å². The van der Waals surface area contributed by atoms with E-state index >= 15 is 0 Å². The second kappa shape index (κ2) is 11.9. The summed E-state index contributed by atoms with van der Waals surface area (Å²) in [4.78, 5) is 0. The normalized spacial score (nSPS) is 12.1. The fourth-order valence-corrected chi connectivity index (χ4v) is 8.24. The molecule has 0 fully saturated rings. The Morgan fingerprint density at radius 1 is 0.423 bits per heavy atom. The molecule has 0 aliphatic heterocycles. The van der Waals surface area contributed by atoms with E-state index in [1.165, 1.54) is 76.9 Å². The first-order valence-electron chi connectivity index (χ1n) is 17.8. The van der Waals surface area contributed by atoms with Gasteiger partial charge >= 0.3 is 0 Å². The van der Waals surface area contributed by atoms with Crippen molar-refractivity contribution < 1.29 is 0 Å². The molecule has 7 aromatic carbocycles. The highest BCUT2D eigenvalue weighted by molar-refractivity contribution is 6.13. The lowest BCUT2D eigenvalue weighted by atomic mass is 10.0. The summed E-state index contributed by atoms with van der Waals surface area (Å²) in [6.07, 6.45) is 4.31. The van der Waals surface area contributed by atoms with Gasteiger partial charge in [-0.05, 0) is 103 Å². The smallest absolute Gasteiger partial charge is 0.0542 e.